The highest BCUT2D eigenvalue weighted by Crippen LogP contribution is 2.13. The number of hydrogen-bond donors (Lipinski definition) is 4. The van der Waals surface area contributed by atoms with Crippen LogP contribution in [0.15, 0.2) is 24.3 Å². The molecular formula is C56H123NO6. The van der Waals surface area contributed by atoms with E-state index >= 15 is 0 Å². The van der Waals surface area contributed by atoms with E-state index in [1.54, 1.807) is 0 Å². The topological polar surface area (TPSA) is 103 Å². The Bertz CT molecular complexity index is 707. The van der Waals surface area contributed by atoms with E-state index in [2.05, 4.69) is 56.9 Å². The molecule has 0 spiro atoms. The highest BCUT2D eigenvalue weighted by Gasteiger charge is 2.07. The van der Waals surface area contributed by atoms with Crippen molar-refractivity contribution in [3.8, 4) is 0 Å². The summed E-state index contributed by atoms with van der Waals surface area (Å²) in [5, 5.41) is 34.6. The zero-order valence-corrected chi connectivity index (χ0v) is 45.7. The number of ether oxygens (including phenoxy) is 2. The van der Waals surface area contributed by atoms with Crippen molar-refractivity contribution in [1.82, 2.24) is 4.90 Å². The smallest absolute Gasteiger partial charge is 0.154 e. The highest BCUT2D eigenvalue weighted by atomic mass is 16.6. The van der Waals surface area contributed by atoms with E-state index in [9.17, 15) is 5.11 Å². The molecule has 63 heavy (non-hydrogen) atoms. The number of allylic oxidation sites excluding steroid dienone is 4. The van der Waals surface area contributed by atoms with Crippen LogP contribution in [0.4, 0.5) is 0 Å². The SMILES string of the molecule is CC.CC.CC.CC.CCC/C=C\C/C=C\CCCCCCCC(C)OCCCCN(CCCCO)CCCCCCO.CCCCCCCCOC(O)CCCCCCC.CO. The molecule has 0 saturated heterocycles. The van der Waals surface area contributed by atoms with E-state index in [0.717, 1.165) is 97.7 Å². The molecule has 4 N–H and O–H groups in total. The fourth-order valence-corrected chi connectivity index (χ4v) is 6.39. The first-order chi connectivity index (χ1) is 31.0. The Balaban J connectivity index is -0.000000187. The Morgan fingerprint density at radius 1 is 0.413 bits per heavy atom. The molecule has 0 aliphatic rings. The van der Waals surface area contributed by atoms with Gasteiger partial charge >= 0.3 is 0 Å². The van der Waals surface area contributed by atoms with Gasteiger partial charge in [-0.05, 0) is 116 Å². The normalized spacial score (nSPS) is 11.4. The average Bonchev–Trinajstić information content (AvgIpc) is 3.33. The molecule has 0 amide bonds. The Hall–Kier alpha value is -0.800. The third kappa shape index (κ3) is 85.1. The summed E-state index contributed by atoms with van der Waals surface area (Å²) < 4.78 is 11.5. The molecule has 0 aliphatic carbocycles. The van der Waals surface area contributed by atoms with E-state index in [1.807, 2.05) is 55.4 Å². The van der Waals surface area contributed by atoms with Crippen molar-refractivity contribution >= 4 is 0 Å². The van der Waals surface area contributed by atoms with Crippen LogP contribution in [0.5, 0.6) is 0 Å². The van der Waals surface area contributed by atoms with Crippen LogP contribution >= 0.6 is 0 Å². The lowest BCUT2D eigenvalue weighted by Gasteiger charge is -2.22. The molecule has 0 bridgehead atoms. The molecule has 0 aromatic heterocycles. The number of nitrogens with zero attached hydrogens (tertiary/aromatic N) is 1. The maximum atomic E-state index is 9.62. The fourth-order valence-electron chi connectivity index (χ4n) is 6.39. The van der Waals surface area contributed by atoms with Crippen molar-refractivity contribution in [3.05, 3.63) is 24.3 Å². The molecule has 0 rings (SSSR count). The summed E-state index contributed by atoms with van der Waals surface area (Å²) in [4.78, 5) is 2.55. The Morgan fingerprint density at radius 2 is 0.794 bits per heavy atom. The van der Waals surface area contributed by atoms with Crippen LogP contribution in [0, 0.1) is 0 Å². The van der Waals surface area contributed by atoms with Gasteiger partial charge in [0.1, 0.15) is 0 Å². The molecule has 0 aromatic carbocycles. The van der Waals surface area contributed by atoms with Gasteiger partial charge in [-0.2, -0.15) is 0 Å². The molecule has 2 atom stereocenters. The van der Waals surface area contributed by atoms with Crippen LogP contribution < -0.4 is 0 Å². The van der Waals surface area contributed by atoms with Crippen LogP contribution in [-0.2, 0) is 9.47 Å². The van der Waals surface area contributed by atoms with Crippen LogP contribution in [0.3, 0.4) is 0 Å². The summed E-state index contributed by atoms with van der Waals surface area (Å²) >= 11 is 0. The lowest BCUT2D eigenvalue weighted by molar-refractivity contribution is -0.105. The van der Waals surface area contributed by atoms with Crippen LogP contribution in [0.1, 0.15) is 276 Å². The molecule has 0 fully saturated rings. The molecule has 388 valence electrons. The van der Waals surface area contributed by atoms with Gasteiger partial charge in [0.15, 0.2) is 6.29 Å². The first-order valence-electron chi connectivity index (χ1n) is 27.7. The average molecular weight is 907 g/mol. The minimum absolute atomic E-state index is 0.296. The van der Waals surface area contributed by atoms with E-state index < -0.39 is 6.29 Å². The summed E-state index contributed by atoms with van der Waals surface area (Å²) in [6, 6.07) is 0. The summed E-state index contributed by atoms with van der Waals surface area (Å²) in [5.74, 6) is 0. The van der Waals surface area contributed by atoms with Crippen molar-refractivity contribution in [2.24, 2.45) is 0 Å². The molecule has 0 saturated carbocycles. The Labute approximate surface area is 399 Å². The molecule has 7 nitrogen and oxygen atoms in total. The van der Waals surface area contributed by atoms with Gasteiger partial charge in [0.25, 0.3) is 0 Å². The van der Waals surface area contributed by atoms with Gasteiger partial charge in [0.2, 0.25) is 0 Å². The van der Waals surface area contributed by atoms with Gasteiger partial charge in [-0.3, -0.25) is 0 Å². The lowest BCUT2D eigenvalue weighted by Crippen LogP contribution is -2.27. The molecule has 7 heteroatoms. The van der Waals surface area contributed by atoms with Crippen molar-refractivity contribution < 1.29 is 29.9 Å². The van der Waals surface area contributed by atoms with Crippen molar-refractivity contribution in [1.29, 1.82) is 0 Å². The molecule has 0 aliphatic heterocycles. The molecule has 2 unspecified atom stereocenters. The minimum atomic E-state index is -0.526. The van der Waals surface area contributed by atoms with Gasteiger partial charge < -0.3 is 34.8 Å². The third-order valence-corrected chi connectivity index (χ3v) is 9.94. The number of unbranched alkanes of at least 4 members (excludes halogenated alkanes) is 20. The molecular weight excluding hydrogens is 783 g/mol. The summed E-state index contributed by atoms with van der Waals surface area (Å²) in [5.41, 5.74) is 0. The van der Waals surface area contributed by atoms with E-state index in [0.29, 0.717) is 19.3 Å². The van der Waals surface area contributed by atoms with Crippen molar-refractivity contribution in [3.63, 3.8) is 0 Å². The van der Waals surface area contributed by atoms with E-state index in [-0.39, 0.29) is 0 Å². The fraction of sp³-hybridized carbons (Fsp3) is 0.929. The zero-order chi connectivity index (χ0) is 49.1. The second kappa shape index (κ2) is 84.6. The molecule has 0 radical (unpaired) electrons. The lowest BCUT2D eigenvalue weighted by atomic mass is 10.1. The van der Waals surface area contributed by atoms with Gasteiger partial charge in [-0.25, -0.2) is 0 Å². The second-order valence-corrected chi connectivity index (χ2v) is 15.4. The third-order valence-electron chi connectivity index (χ3n) is 9.94. The molecule has 0 aromatic rings. The number of aliphatic hydroxyl groups is 4. The first-order valence-corrected chi connectivity index (χ1v) is 27.7. The molecule has 0 heterocycles. The highest BCUT2D eigenvalue weighted by molar-refractivity contribution is 4.92. The summed E-state index contributed by atoms with van der Waals surface area (Å²) in [6.45, 7) is 30.5. The first kappa shape index (κ1) is 76.5. The Kier molecular flexibility index (Phi) is 103. The maximum absolute atomic E-state index is 9.62. The Morgan fingerprint density at radius 3 is 1.33 bits per heavy atom. The quantitative estimate of drug-likeness (QED) is 0.0275. The van der Waals surface area contributed by atoms with Crippen LogP contribution in [0.25, 0.3) is 0 Å². The van der Waals surface area contributed by atoms with Crippen molar-refractivity contribution in [2.45, 2.75) is 288 Å². The van der Waals surface area contributed by atoms with E-state index in [4.69, 9.17) is 24.8 Å². The van der Waals surface area contributed by atoms with Crippen LogP contribution in [-0.4, -0.2) is 90.9 Å². The number of aliphatic hydroxyl groups excluding tert-OH is 4. The predicted octanol–water partition coefficient (Wildman–Crippen LogP) is 16.6. The minimum Gasteiger partial charge on any atom is -0.400 e. The van der Waals surface area contributed by atoms with Gasteiger partial charge in [0.05, 0.1) is 6.10 Å². The van der Waals surface area contributed by atoms with Crippen molar-refractivity contribution in [2.75, 3.05) is 53.2 Å². The van der Waals surface area contributed by atoms with Gasteiger partial charge in [0, 0.05) is 33.5 Å². The van der Waals surface area contributed by atoms with Crippen LogP contribution in [0.2, 0.25) is 0 Å². The largest absolute Gasteiger partial charge is 0.400 e. The van der Waals surface area contributed by atoms with Gasteiger partial charge in [-0.15, -0.1) is 0 Å². The van der Waals surface area contributed by atoms with Gasteiger partial charge in [-0.1, -0.05) is 203 Å². The standard InChI is InChI=1S/C31H61NO3.C16H34O2.4C2H6.CH4O/c1-3-4-5-6-7-8-9-10-11-12-13-14-17-24-31(2)35-30-23-20-27-32(26-19-22-29-34)25-18-15-16-21-28-33;1-3-5-7-9-11-13-15-18-16(17)14-12-10-8-6-4-2;5*1-2/h5-6,8-9,31,33-34H,3-4,7,10-30H2,1-2H3;16-17H,3-15H2,1-2H3;4*1-2H3;2H,1H3/b6-5-,9-8-;;;;;;. The zero-order valence-electron chi connectivity index (χ0n) is 45.7. The summed E-state index contributed by atoms with van der Waals surface area (Å²) in [6.07, 6.45) is 45.1. The monoisotopic (exact) mass is 906 g/mol. The maximum Gasteiger partial charge on any atom is 0.154 e. The van der Waals surface area contributed by atoms with E-state index in [1.165, 1.54) is 135 Å². The summed E-state index contributed by atoms with van der Waals surface area (Å²) in [7, 11) is 1.00. The number of rotatable bonds is 42. The predicted molar refractivity (Wildman–Crippen MR) is 285 cm³/mol. The second-order valence-electron chi connectivity index (χ2n) is 15.4. The number of hydrogen-bond acceptors (Lipinski definition) is 7.